The Morgan fingerprint density at radius 3 is 2.33 bits per heavy atom. The molecule has 1 rings (SSSR count). The predicted molar refractivity (Wildman–Crippen MR) is 74.5 cm³/mol. The third-order valence-electron chi connectivity index (χ3n) is 2.85. The van der Waals surface area contributed by atoms with Gasteiger partial charge in [0, 0.05) is 18.7 Å². The molecular formula is C14H19F2N3O2. The highest BCUT2D eigenvalue weighted by atomic mass is 19.1. The first-order valence-electron chi connectivity index (χ1n) is 6.70. The number of halogens is 2. The van der Waals surface area contributed by atoms with E-state index in [4.69, 9.17) is 0 Å². The maximum Gasteiger partial charge on any atom is 0.321 e. The van der Waals surface area contributed by atoms with Gasteiger partial charge in [0.15, 0.2) is 0 Å². The van der Waals surface area contributed by atoms with Crippen LogP contribution in [-0.2, 0) is 11.3 Å². The summed E-state index contributed by atoms with van der Waals surface area (Å²) in [6.45, 7) is 4.13. The lowest BCUT2D eigenvalue weighted by Crippen LogP contribution is -2.44. The molecular weight excluding hydrogens is 280 g/mol. The van der Waals surface area contributed by atoms with Crippen molar-refractivity contribution in [3.05, 3.63) is 35.4 Å². The second-order valence-corrected chi connectivity index (χ2v) is 4.41. The van der Waals surface area contributed by atoms with Crippen LogP contribution in [0.4, 0.5) is 13.6 Å². The molecule has 1 aromatic rings. The van der Waals surface area contributed by atoms with Crippen LogP contribution < -0.4 is 10.6 Å². The molecule has 5 nitrogen and oxygen atoms in total. The highest BCUT2D eigenvalue weighted by Gasteiger charge is 2.16. The molecule has 0 bridgehead atoms. The Morgan fingerprint density at radius 2 is 1.81 bits per heavy atom. The van der Waals surface area contributed by atoms with Crippen molar-refractivity contribution in [1.29, 1.82) is 0 Å². The van der Waals surface area contributed by atoms with E-state index in [2.05, 4.69) is 10.6 Å². The number of rotatable bonds is 6. The molecule has 0 unspecified atom stereocenters. The first kappa shape index (κ1) is 17.0. The van der Waals surface area contributed by atoms with E-state index < -0.39 is 23.6 Å². The number of urea groups is 1. The molecule has 21 heavy (non-hydrogen) atoms. The largest absolute Gasteiger partial charge is 0.338 e. The number of nitrogens with one attached hydrogen (secondary N) is 2. The number of carbonyl (C=O) groups is 2. The van der Waals surface area contributed by atoms with Crippen molar-refractivity contribution in [3.63, 3.8) is 0 Å². The van der Waals surface area contributed by atoms with Crippen LogP contribution in [0, 0.1) is 11.6 Å². The summed E-state index contributed by atoms with van der Waals surface area (Å²) in [5, 5.41) is 4.57. The molecule has 0 fully saturated rings. The van der Waals surface area contributed by atoms with Crippen LogP contribution in [0.2, 0.25) is 0 Å². The molecule has 0 radical (unpaired) electrons. The Labute approximate surface area is 122 Å². The van der Waals surface area contributed by atoms with E-state index in [0.717, 1.165) is 0 Å². The molecule has 0 saturated heterocycles. The Morgan fingerprint density at radius 1 is 1.19 bits per heavy atom. The fourth-order valence-electron chi connectivity index (χ4n) is 1.76. The van der Waals surface area contributed by atoms with E-state index in [1.54, 1.807) is 13.8 Å². The number of hydrogen-bond donors (Lipinski definition) is 2. The highest BCUT2D eigenvalue weighted by Crippen LogP contribution is 2.14. The van der Waals surface area contributed by atoms with Crippen molar-refractivity contribution in [2.45, 2.75) is 20.4 Å². The van der Waals surface area contributed by atoms with Crippen molar-refractivity contribution in [3.8, 4) is 0 Å². The summed E-state index contributed by atoms with van der Waals surface area (Å²) in [6, 6.07) is 3.03. The van der Waals surface area contributed by atoms with Gasteiger partial charge in [-0.3, -0.25) is 15.0 Å². The third-order valence-corrected chi connectivity index (χ3v) is 2.85. The van der Waals surface area contributed by atoms with Crippen molar-refractivity contribution >= 4 is 11.9 Å². The van der Waals surface area contributed by atoms with Gasteiger partial charge in [0.1, 0.15) is 11.6 Å². The smallest absolute Gasteiger partial charge is 0.321 e. The van der Waals surface area contributed by atoms with Crippen LogP contribution in [-0.4, -0.2) is 36.5 Å². The summed E-state index contributed by atoms with van der Waals surface area (Å²) >= 11 is 0. The molecule has 0 aliphatic rings. The van der Waals surface area contributed by atoms with Crippen LogP contribution in [0.15, 0.2) is 18.2 Å². The van der Waals surface area contributed by atoms with Crippen molar-refractivity contribution in [1.82, 2.24) is 15.5 Å². The van der Waals surface area contributed by atoms with E-state index >= 15 is 0 Å². The van der Waals surface area contributed by atoms with Crippen LogP contribution in [0.3, 0.4) is 0 Å². The normalized spacial score (nSPS) is 10.5. The minimum absolute atomic E-state index is 0.0438. The molecule has 0 aromatic heterocycles. The van der Waals surface area contributed by atoms with Gasteiger partial charge in [0.05, 0.1) is 6.54 Å². The van der Waals surface area contributed by atoms with Gasteiger partial charge in [0.25, 0.3) is 0 Å². The first-order valence-corrected chi connectivity index (χ1v) is 6.70. The van der Waals surface area contributed by atoms with Gasteiger partial charge in [-0.25, -0.2) is 13.6 Å². The third kappa shape index (κ3) is 5.47. The van der Waals surface area contributed by atoms with Crippen molar-refractivity contribution < 1.29 is 18.4 Å². The lowest BCUT2D eigenvalue weighted by molar-refractivity contribution is -0.121. The molecule has 0 saturated carbocycles. The molecule has 7 heteroatoms. The zero-order valence-corrected chi connectivity index (χ0v) is 12.1. The van der Waals surface area contributed by atoms with Gasteiger partial charge in [-0.1, -0.05) is 13.0 Å². The number of hydrogen-bond acceptors (Lipinski definition) is 3. The second-order valence-electron chi connectivity index (χ2n) is 4.41. The van der Waals surface area contributed by atoms with E-state index in [1.165, 1.54) is 23.1 Å². The number of amides is 3. The summed E-state index contributed by atoms with van der Waals surface area (Å²) in [7, 11) is 0. The van der Waals surface area contributed by atoms with Crippen LogP contribution >= 0.6 is 0 Å². The Kier molecular flexibility index (Phi) is 6.74. The second kappa shape index (κ2) is 8.31. The first-order chi connectivity index (χ1) is 9.97. The molecule has 0 aliphatic carbocycles. The van der Waals surface area contributed by atoms with Gasteiger partial charge >= 0.3 is 6.03 Å². The molecule has 0 aliphatic heterocycles. The number of imide groups is 1. The average molecular weight is 299 g/mol. The lowest BCUT2D eigenvalue weighted by Gasteiger charge is -2.20. The molecule has 2 N–H and O–H groups in total. The summed E-state index contributed by atoms with van der Waals surface area (Å²) in [6.07, 6.45) is 0. The van der Waals surface area contributed by atoms with Crippen molar-refractivity contribution in [2.75, 3.05) is 19.6 Å². The van der Waals surface area contributed by atoms with Gasteiger partial charge < -0.3 is 5.32 Å². The fourth-order valence-corrected chi connectivity index (χ4v) is 1.76. The minimum atomic E-state index is -0.655. The highest BCUT2D eigenvalue weighted by molar-refractivity contribution is 5.95. The van der Waals surface area contributed by atoms with E-state index in [-0.39, 0.29) is 18.7 Å². The predicted octanol–water partition coefficient (Wildman–Crippen LogP) is 1.63. The van der Waals surface area contributed by atoms with Gasteiger partial charge in [-0.05, 0) is 25.6 Å². The van der Waals surface area contributed by atoms with Crippen molar-refractivity contribution in [2.24, 2.45) is 0 Å². The standard InChI is InChI=1S/C14H19F2N3O2/c1-3-17-14(21)18-13(20)9-19(4-2)8-10-11(15)6-5-7-12(10)16/h5-7H,3-4,8-9H2,1-2H3,(H2,17,18,20,21). The molecule has 0 heterocycles. The minimum Gasteiger partial charge on any atom is -0.338 e. The quantitative estimate of drug-likeness (QED) is 0.839. The van der Waals surface area contributed by atoms with Gasteiger partial charge in [-0.2, -0.15) is 0 Å². The topological polar surface area (TPSA) is 61.4 Å². The monoisotopic (exact) mass is 299 g/mol. The van der Waals surface area contributed by atoms with Crippen LogP contribution in [0.5, 0.6) is 0 Å². The maximum absolute atomic E-state index is 13.6. The molecule has 0 atom stereocenters. The number of likely N-dealkylation sites (N-methyl/N-ethyl adjacent to an activating group) is 1. The Bertz CT molecular complexity index is 489. The Hall–Kier alpha value is -2.02. The Balaban J connectivity index is 2.63. The average Bonchev–Trinajstić information content (AvgIpc) is 2.41. The summed E-state index contributed by atoms with van der Waals surface area (Å²) < 4.78 is 27.1. The molecule has 3 amide bonds. The summed E-state index contributed by atoms with van der Waals surface area (Å²) in [4.78, 5) is 24.4. The zero-order valence-electron chi connectivity index (χ0n) is 12.1. The lowest BCUT2D eigenvalue weighted by atomic mass is 10.2. The zero-order chi connectivity index (χ0) is 15.8. The summed E-state index contributed by atoms with van der Waals surface area (Å²) in [5.74, 6) is -1.84. The van der Waals surface area contributed by atoms with Gasteiger partial charge in [-0.15, -0.1) is 0 Å². The van der Waals surface area contributed by atoms with E-state index in [9.17, 15) is 18.4 Å². The number of nitrogens with zero attached hydrogens (tertiary/aromatic N) is 1. The van der Waals surface area contributed by atoms with Crippen LogP contribution in [0.1, 0.15) is 19.4 Å². The van der Waals surface area contributed by atoms with E-state index in [0.29, 0.717) is 13.1 Å². The van der Waals surface area contributed by atoms with Gasteiger partial charge in [0.2, 0.25) is 5.91 Å². The van der Waals surface area contributed by atoms with E-state index in [1.807, 2.05) is 0 Å². The summed E-state index contributed by atoms with van der Waals surface area (Å²) in [5.41, 5.74) is -0.0924. The molecule has 116 valence electrons. The molecule has 0 spiro atoms. The fraction of sp³-hybridized carbons (Fsp3) is 0.429. The SMILES string of the molecule is CCNC(=O)NC(=O)CN(CC)Cc1c(F)cccc1F. The number of benzene rings is 1. The number of carbonyl (C=O) groups excluding carboxylic acids is 2. The maximum atomic E-state index is 13.6. The van der Waals surface area contributed by atoms with Crippen LogP contribution in [0.25, 0.3) is 0 Å². The molecule has 1 aromatic carbocycles.